The van der Waals surface area contributed by atoms with Gasteiger partial charge in [0, 0.05) is 11.8 Å². The Morgan fingerprint density at radius 1 is 1.23 bits per heavy atom. The molecule has 0 amide bonds. The number of nitroso groups, excluding NO2 is 1. The molecule has 2 aromatic heterocycles. The van der Waals surface area contributed by atoms with Gasteiger partial charge in [0.1, 0.15) is 22.9 Å². The lowest BCUT2D eigenvalue weighted by molar-refractivity contribution is 0.317. The van der Waals surface area contributed by atoms with Crippen LogP contribution in [0.25, 0.3) is 16.9 Å². The molecular formula is C16H14FN3O2. The first kappa shape index (κ1) is 14.2. The molecule has 2 heterocycles. The zero-order chi connectivity index (χ0) is 15.5. The number of hydrogen-bond acceptors (Lipinski definition) is 4. The second-order valence-electron chi connectivity index (χ2n) is 4.82. The molecule has 112 valence electrons. The summed E-state index contributed by atoms with van der Waals surface area (Å²) in [7, 11) is 0. The Labute approximate surface area is 126 Å². The van der Waals surface area contributed by atoms with Crippen molar-refractivity contribution in [2.45, 2.75) is 13.3 Å². The molecule has 0 spiro atoms. The molecule has 0 aliphatic rings. The third-order valence-corrected chi connectivity index (χ3v) is 3.24. The lowest BCUT2D eigenvalue weighted by atomic mass is 10.1. The number of benzene rings is 1. The summed E-state index contributed by atoms with van der Waals surface area (Å²) >= 11 is 0. The lowest BCUT2D eigenvalue weighted by Gasteiger charge is -2.04. The van der Waals surface area contributed by atoms with Crippen molar-refractivity contribution < 1.29 is 9.13 Å². The van der Waals surface area contributed by atoms with Gasteiger partial charge in [-0.15, -0.1) is 4.91 Å². The van der Waals surface area contributed by atoms with E-state index < -0.39 is 5.82 Å². The van der Waals surface area contributed by atoms with E-state index in [0.29, 0.717) is 17.9 Å². The molecular weight excluding hydrogens is 285 g/mol. The summed E-state index contributed by atoms with van der Waals surface area (Å²) < 4.78 is 20.2. The molecule has 0 aliphatic heterocycles. The van der Waals surface area contributed by atoms with Crippen molar-refractivity contribution in [1.82, 2.24) is 9.38 Å². The van der Waals surface area contributed by atoms with Crippen molar-refractivity contribution in [2.75, 3.05) is 6.61 Å². The summed E-state index contributed by atoms with van der Waals surface area (Å²) in [5, 5.41) is 3.00. The van der Waals surface area contributed by atoms with Crippen molar-refractivity contribution in [3.8, 4) is 17.0 Å². The third-order valence-electron chi connectivity index (χ3n) is 3.24. The largest absolute Gasteiger partial charge is 0.494 e. The minimum atomic E-state index is -0.454. The maximum Gasteiger partial charge on any atom is 0.209 e. The number of ether oxygens (including phenoxy) is 1. The molecule has 0 fully saturated rings. The van der Waals surface area contributed by atoms with Crippen LogP contribution in [0.4, 0.5) is 10.2 Å². The predicted molar refractivity (Wildman–Crippen MR) is 81.8 cm³/mol. The highest BCUT2D eigenvalue weighted by Crippen LogP contribution is 2.31. The molecule has 0 bridgehead atoms. The second kappa shape index (κ2) is 5.93. The van der Waals surface area contributed by atoms with Gasteiger partial charge in [-0.25, -0.2) is 9.37 Å². The minimum absolute atomic E-state index is 0.0803. The highest BCUT2D eigenvalue weighted by molar-refractivity contribution is 5.74. The summed E-state index contributed by atoms with van der Waals surface area (Å²) in [6.45, 7) is 2.68. The van der Waals surface area contributed by atoms with Crippen LogP contribution < -0.4 is 4.74 Å². The van der Waals surface area contributed by atoms with Gasteiger partial charge in [0.05, 0.1) is 6.61 Å². The van der Waals surface area contributed by atoms with Crippen molar-refractivity contribution in [3.63, 3.8) is 0 Å². The van der Waals surface area contributed by atoms with E-state index in [1.165, 1.54) is 22.7 Å². The average Bonchev–Trinajstić information content (AvgIpc) is 2.91. The van der Waals surface area contributed by atoms with Crippen LogP contribution in [0, 0.1) is 10.7 Å². The number of rotatable bonds is 5. The molecule has 0 N–H and O–H groups in total. The highest BCUT2D eigenvalue weighted by atomic mass is 19.1. The Hall–Kier alpha value is -2.76. The predicted octanol–water partition coefficient (Wildman–Crippen LogP) is 4.33. The van der Waals surface area contributed by atoms with Gasteiger partial charge in [0.2, 0.25) is 5.82 Å². The summed E-state index contributed by atoms with van der Waals surface area (Å²) in [4.78, 5) is 15.5. The molecule has 6 heteroatoms. The Morgan fingerprint density at radius 3 is 2.68 bits per heavy atom. The van der Waals surface area contributed by atoms with E-state index in [-0.39, 0.29) is 5.82 Å². The van der Waals surface area contributed by atoms with Crippen molar-refractivity contribution in [1.29, 1.82) is 0 Å². The molecule has 0 aliphatic carbocycles. The fraction of sp³-hybridized carbons (Fsp3) is 0.188. The quantitative estimate of drug-likeness (QED) is 0.659. The van der Waals surface area contributed by atoms with Gasteiger partial charge in [-0.05, 0) is 48.0 Å². The summed E-state index contributed by atoms with van der Waals surface area (Å²) in [6, 6.07) is 10.0. The molecule has 1 aromatic carbocycles. The van der Waals surface area contributed by atoms with E-state index in [1.54, 1.807) is 12.1 Å². The SMILES string of the molecule is CCCOc1ccc(-c2nc3ccc(F)cn3c2N=O)cc1. The summed E-state index contributed by atoms with van der Waals surface area (Å²) in [6.07, 6.45) is 2.13. The summed E-state index contributed by atoms with van der Waals surface area (Å²) in [5.74, 6) is 0.377. The number of hydrogen-bond donors (Lipinski definition) is 0. The average molecular weight is 299 g/mol. The van der Waals surface area contributed by atoms with Crippen LogP contribution in [0.15, 0.2) is 47.8 Å². The van der Waals surface area contributed by atoms with E-state index >= 15 is 0 Å². The van der Waals surface area contributed by atoms with Gasteiger partial charge in [-0.3, -0.25) is 4.40 Å². The molecule has 0 atom stereocenters. The number of halogens is 1. The third kappa shape index (κ3) is 2.55. The van der Waals surface area contributed by atoms with Gasteiger partial charge in [0.25, 0.3) is 0 Å². The fourth-order valence-corrected chi connectivity index (χ4v) is 2.22. The van der Waals surface area contributed by atoms with Crippen molar-refractivity contribution >= 4 is 11.5 Å². The number of nitrogens with zero attached hydrogens (tertiary/aromatic N) is 3. The van der Waals surface area contributed by atoms with Crippen LogP contribution in [-0.4, -0.2) is 16.0 Å². The molecule has 0 radical (unpaired) electrons. The van der Waals surface area contributed by atoms with Gasteiger partial charge < -0.3 is 4.74 Å². The number of aromatic nitrogens is 2. The zero-order valence-electron chi connectivity index (χ0n) is 12.0. The van der Waals surface area contributed by atoms with Crippen LogP contribution in [0.1, 0.15) is 13.3 Å². The number of pyridine rings is 1. The number of imidazole rings is 1. The van der Waals surface area contributed by atoms with Crippen molar-refractivity contribution in [3.05, 3.63) is 53.3 Å². The molecule has 0 unspecified atom stereocenters. The van der Waals surface area contributed by atoms with Gasteiger partial charge >= 0.3 is 0 Å². The second-order valence-corrected chi connectivity index (χ2v) is 4.82. The first-order valence-corrected chi connectivity index (χ1v) is 6.97. The monoisotopic (exact) mass is 299 g/mol. The molecule has 0 saturated heterocycles. The van der Waals surface area contributed by atoms with E-state index in [1.807, 2.05) is 19.1 Å². The van der Waals surface area contributed by atoms with Gasteiger partial charge in [-0.2, -0.15) is 0 Å². The first-order valence-electron chi connectivity index (χ1n) is 6.97. The van der Waals surface area contributed by atoms with E-state index in [9.17, 15) is 9.30 Å². The Bertz CT molecular complexity index is 812. The summed E-state index contributed by atoms with van der Waals surface area (Å²) in [5.41, 5.74) is 1.61. The smallest absolute Gasteiger partial charge is 0.209 e. The van der Waals surface area contributed by atoms with E-state index in [4.69, 9.17) is 4.74 Å². The van der Waals surface area contributed by atoms with E-state index in [2.05, 4.69) is 10.2 Å². The fourth-order valence-electron chi connectivity index (χ4n) is 2.22. The molecule has 3 aromatic rings. The van der Waals surface area contributed by atoms with Crippen LogP contribution in [0.5, 0.6) is 5.75 Å². The topological polar surface area (TPSA) is 56.0 Å². The van der Waals surface area contributed by atoms with Gasteiger partial charge in [0.15, 0.2) is 0 Å². The standard InChI is InChI=1S/C16H14FN3O2/c1-2-9-22-13-6-3-11(4-7-13)15-16(19-21)20-10-12(17)5-8-14(20)18-15/h3-8,10H,2,9H2,1H3. The lowest BCUT2D eigenvalue weighted by Crippen LogP contribution is -1.94. The molecule has 22 heavy (non-hydrogen) atoms. The molecule has 0 saturated carbocycles. The zero-order valence-corrected chi connectivity index (χ0v) is 12.0. The Kier molecular flexibility index (Phi) is 3.82. The maximum atomic E-state index is 13.3. The van der Waals surface area contributed by atoms with Crippen LogP contribution in [-0.2, 0) is 0 Å². The van der Waals surface area contributed by atoms with Gasteiger partial charge in [-0.1, -0.05) is 6.92 Å². The first-order chi connectivity index (χ1) is 10.7. The molecule has 5 nitrogen and oxygen atoms in total. The number of fused-ring (bicyclic) bond motifs is 1. The Balaban J connectivity index is 2.04. The maximum absolute atomic E-state index is 13.3. The van der Waals surface area contributed by atoms with Crippen LogP contribution in [0.3, 0.4) is 0 Å². The minimum Gasteiger partial charge on any atom is -0.494 e. The van der Waals surface area contributed by atoms with Crippen LogP contribution >= 0.6 is 0 Å². The van der Waals surface area contributed by atoms with Crippen LogP contribution in [0.2, 0.25) is 0 Å². The van der Waals surface area contributed by atoms with Crippen molar-refractivity contribution in [2.24, 2.45) is 5.18 Å². The highest BCUT2D eigenvalue weighted by Gasteiger charge is 2.15. The molecule has 3 rings (SSSR count). The Morgan fingerprint density at radius 2 is 2.00 bits per heavy atom. The van der Waals surface area contributed by atoms with E-state index in [0.717, 1.165) is 17.7 Å². The normalized spacial score (nSPS) is 10.8.